The van der Waals surface area contributed by atoms with Gasteiger partial charge in [-0.05, 0) is 13.8 Å². The van der Waals surface area contributed by atoms with Gasteiger partial charge in [0.1, 0.15) is 0 Å². The molecule has 0 aromatic carbocycles. The number of hydrogen-bond acceptors (Lipinski definition) is 5. The largest absolute Gasteiger partial charge is 0.381 e. The fourth-order valence-electron chi connectivity index (χ4n) is 1.84. The van der Waals surface area contributed by atoms with Crippen LogP contribution in [0.5, 0.6) is 0 Å². The molecule has 0 radical (unpaired) electrons. The zero-order chi connectivity index (χ0) is 14.4. The smallest absolute Gasteiger partial charge is 0.267 e. The second-order valence-electron chi connectivity index (χ2n) is 4.33. The molecule has 2 aromatic rings. The summed E-state index contributed by atoms with van der Waals surface area (Å²) < 4.78 is 30.1. The lowest BCUT2D eigenvalue weighted by atomic mass is 10.4. The molecule has 0 aliphatic carbocycles. The van der Waals surface area contributed by atoms with Crippen LogP contribution in [0.15, 0.2) is 11.1 Å². The van der Waals surface area contributed by atoms with Crippen molar-refractivity contribution < 1.29 is 8.42 Å². The average molecular weight is 284 g/mol. The van der Waals surface area contributed by atoms with Gasteiger partial charge in [-0.1, -0.05) is 0 Å². The van der Waals surface area contributed by atoms with Crippen LogP contribution in [0.25, 0.3) is 0 Å². The van der Waals surface area contributed by atoms with Crippen molar-refractivity contribution in [1.82, 2.24) is 19.6 Å². The van der Waals surface area contributed by atoms with Crippen molar-refractivity contribution in [3.8, 4) is 0 Å². The van der Waals surface area contributed by atoms with Gasteiger partial charge in [0.2, 0.25) is 0 Å². The average Bonchev–Trinajstić information content (AvgIpc) is 2.68. The molecule has 0 unspecified atom stereocenters. The lowest BCUT2D eigenvalue weighted by molar-refractivity contribution is 0.600. The van der Waals surface area contributed by atoms with Crippen LogP contribution < -0.4 is 10.5 Å². The number of aromatic nitrogens is 4. The van der Waals surface area contributed by atoms with Crippen molar-refractivity contribution in [3.05, 3.63) is 17.6 Å². The molecule has 0 saturated carbocycles. The highest BCUT2D eigenvalue weighted by Crippen LogP contribution is 2.24. The van der Waals surface area contributed by atoms with Crippen LogP contribution in [0.1, 0.15) is 11.4 Å². The lowest BCUT2D eigenvalue weighted by Crippen LogP contribution is -2.15. The number of aryl methyl sites for hydroxylation is 3. The Morgan fingerprint density at radius 1 is 1.26 bits per heavy atom. The number of rotatable bonds is 3. The topological polar surface area (TPSA) is 108 Å². The summed E-state index contributed by atoms with van der Waals surface area (Å²) in [6.45, 7) is 3.37. The predicted molar refractivity (Wildman–Crippen MR) is 71.1 cm³/mol. The molecular weight excluding hydrogens is 268 g/mol. The molecule has 3 N–H and O–H groups in total. The molecule has 2 aromatic heterocycles. The van der Waals surface area contributed by atoms with Crippen LogP contribution in [-0.2, 0) is 24.1 Å². The van der Waals surface area contributed by atoms with Gasteiger partial charge in [-0.2, -0.15) is 10.2 Å². The van der Waals surface area contributed by atoms with E-state index in [1.54, 1.807) is 34.1 Å². The van der Waals surface area contributed by atoms with Crippen LogP contribution in [0.3, 0.4) is 0 Å². The van der Waals surface area contributed by atoms with E-state index in [0.717, 1.165) is 0 Å². The summed E-state index contributed by atoms with van der Waals surface area (Å²) in [5.74, 6) is -0.0194. The van der Waals surface area contributed by atoms with Crippen LogP contribution >= 0.6 is 0 Å². The fraction of sp³-hybridized carbons (Fsp3) is 0.400. The Hall–Kier alpha value is -2.03. The molecule has 2 rings (SSSR count). The Kier molecular flexibility index (Phi) is 3.01. The summed E-state index contributed by atoms with van der Waals surface area (Å²) in [5, 5.41) is 7.98. The molecule has 0 saturated heterocycles. The van der Waals surface area contributed by atoms with E-state index in [-0.39, 0.29) is 10.7 Å². The van der Waals surface area contributed by atoms with E-state index in [1.165, 1.54) is 9.36 Å². The molecule has 9 heteroatoms. The number of nitrogens with two attached hydrogens (primary N) is 1. The quantitative estimate of drug-likeness (QED) is 0.834. The number of anilines is 2. The predicted octanol–water partition coefficient (Wildman–Crippen LogP) is 0.153. The van der Waals surface area contributed by atoms with Gasteiger partial charge in [-0.25, -0.2) is 8.42 Å². The van der Waals surface area contributed by atoms with Crippen molar-refractivity contribution >= 4 is 21.5 Å². The van der Waals surface area contributed by atoms with E-state index in [2.05, 4.69) is 14.9 Å². The highest BCUT2D eigenvalue weighted by molar-refractivity contribution is 7.93. The van der Waals surface area contributed by atoms with E-state index in [1.807, 2.05) is 0 Å². The zero-order valence-corrected chi connectivity index (χ0v) is 12.0. The van der Waals surface area contributed by atoms with Crippen LogP contribution in [0.4, 0.5) is 11.5 Å². The Morgan fingerprint density at radius 2 is 1.89 bits per heavy atom. The Balaban J connectivity index is 2.46. The molecular formula is C10H16N6O2S. The maximum atomic E-state index is 12.3. The van der Waals surface area contributed by atoms with Crippen LogP contribution in [0, 0.1) is 13.8 Å². The lowest BCUT2D eigenvalue weighted by Gasteiger charge is -2.06. The summed E-state index contributed by atoms with van der Waals surface area (Å²) in [4.78, 5) is -0.00162. The fourth-order valence-corrected chi connectivity index (χ4v) is 3.27. The van der Waals surface area contributed by atoms with Crippen molar-refractivity contribution in [2.24, 2.45) is 14.1 Å². The first-order chi connectivity index (χ1) is 8.72. The van der Waals surface area contributed by atoms with E-state index >= 15 is 0 Å². The standard InChI is InChI=1S/C10H16N6O2S/c1-6-8(5-15(3)12-6)14-19(17,18)9-7(2)16(4)13-10(9)11/h5,14H,1-4H3,(H2,11,13). The van der Waals surface area contributed by atoms with E-state index in [9.17, 15) is 8.42 Å². The highest BCUT2D eigenvalue weighted by Gasteiger charge is 2.25. The zero-order valence-electron chi connectivity index (χ0n) is 11.2. The summed E-state index contributed by atoms with van der Waals surface area (Å²) in [6, 6.07) is 0. The third-order valence-electron chi connectivity index (χ3n) is 2.83. The molecule has 2 heterocycles. The van der Waals surface area contributed by atoms with Gasteiger partial charge in [0.25, 0.3) is 10.0 Å². The van der Waals surface area contributed by atoms with Gasteiger partial charge < -0.3 is 5.73 Å². The van der Waals surface area contributed by atoms with Gasteiger partial charge in [0.05, 0.1) is 17.1 Å². The number of nitrogen functional groups attached to an aromatic ring is 1. The molecule has 104 valence electrons. The first-order valence-corrected chi connectivity index (χ1v) is 7.03. The molecule has 0 atom stereocenters. The minimum Gasteiger partial charge on any atom is -0.381 e. The van der Waals surface area contributed by atoms with E-state index in [4.69, 9.17) is 5.73 Å². The molecule has 0 bridgehead atoms. The number of nitrogens with one attached hydrogen (secondary N) is 1. The maximum Gasteiger partial charge on any atom is 0.267 e. The van der Waals surface area contributed by atoms with Gasteiger partial charge in [-0.15, -0.1) is 0 Å². The second kappa shape index (κ2) is 4.26. The monoisotopic (exact) mass is 284 g/mol. The third kappa shape index (κ3) is 2.28. The molecule has 0 fully saturated rings. The number of hydrogen-bond donors (Lipinski definition) is 2. The van der Waals surface area contributed by atoms with Crippen LogP contribution in [-0.4, -0.2) is 28.0 Å². The first-order valence-electron chi connectivity index (χ1n) is 5.54. The Morgan fingerprint density at radius 3 is 2.32 bits per heavy atom. The number of nitrogens with zero attached hydrogens (tertiary/aromatic N) is 4. The van der Waals surface area contributed by atoms with E-state index in [0.29, 0.717) is 17.1 Å². The molecule has 0 aliphatic heterocycles. The van der Waals surface area contributed by atoms with Crippen molar-refractivity contribution in [3.63, 3.8) is 0 Å². The summed E-state index contributed by atoms with van der Waals surface area (Å²) >= 11 is 0. The molecule has 19 heavy (non-hydrogen) atoms. The minimum absolute atomic E-state index is 0.00162. The number of sulfonamides is 1. The van der Waals surface area contributed by atoms with Gasteiger partial charge >= 0.3 is 0 Å². The summed E-state index contributed by atoms with van der Waals surface area (Å²) in [7, 11) is -0.419. The second-order valence-corrected chi connectivity index (χ2v) is 5.95. The Labute approximate surface area is 111 Å². The van der Waals surface area contributed by atoms with E-state index < -0.39 is 10.0 Å². The normalized spacial score (nSPS) is 11.8. The molecule has 0 spiro atoms. The molecule has 0 amide bonds. The maximum absolute atomic E-state index is 12.3. The first kappa shape index (κ1) is 13.4. The third-order valence-corrected chi connectivity index (χ3v) is 4.36. The summed E-state index contributed by atoms with van der Waals surface area (Å²) in [6.07, 6.45) is 1.59. The van der Waals surface area contributed by atoms with Gasteiger partial charge in [0.15, 0.2) is 10.7 Å². The van der Waals surface area contributed by atoms with Crippen molar-refractivity contribution in [2.75, 3.05) is 10.5 Å². The van der Waals surface area contributed by atoms with Crippen molar-refractivity contribution in [2.45, 2.75) is 18.7 Å². The SMILES string of the molecule is Cc1nn(C)cc1NS(=O)(=O)c1c(N)nn(C)c1C. The summed E-state index contributed by atoms with van der Waals surface area (Å²) in [5.41, 5.74) is 7.14. The highest BCUT2D eigenvalue weighted by atomic mass is 32.2. The molecule has 8 nitrogen and oxygen atoms in total. The Bertz CT molecular complexity index is 728. The van der Waals surface area contributed by atoms with Gasteiger partial charge in [0, 0.05) is 20.3 Å². The van der Waals surface area contributed by atoms with Gasteiger partial charge in [-0.3, -0.25) is 14.1 Å². The molecule has 0 aliphatic rings. The minimum atomic E-state index is -3.77. The van der Waals surface area contributed by atoms with Crippen molar-refractivity contribution in [1.29, 1.82) is 0 Å². The van der Waals surface area contributed by atoms with Crippen LogP contribution in [0.2, 0.25) is 0 Å².